The van der Waals surface area contributed by atoms with E-state index in [1.807, 2.05) is 0 Å². The third-order valence-corrected chi connectivity index (χ3v) is 3.92. The smallest absolute Gasteiger partial charge is 0.331 e. The molecule has 1 aromatic rings. The second-order valence-corrected chi connectivity index (χ2v) is 4.94. The first kappa shape index (κ1) is 12.0. The van der Waals surface area contributed by atoms with Gasteiger partial charge < -0.3 is 5.11 Å². The highest BCUT2D eigenvalue weighted by atomic mass is 16.3. The van der Waals surface area contributed by atoms with Crippen molar-refractivity contribution >= 4 is 0 Å². The molecule has 5 nitrogen and oxygen atoms in total. The summed E-state index contributed by atoms with van der Waals surface area (Å²) in [6, 6.07) is 1.06. The Labute approximate surface area is 99.1 Å². The fourth-order valence-corrected chi connectivity index (χ4v) is 2.74. The molecule has 0 bridgehead atoms. The summed E-state index contributed by atoms with van der Waals surface area (Å²) in [5.41, 5.74) is -0.977. The van der Waals surface area contributed by atoms with Crippen LogP contribution in [0.3, 0.4) is 0 Å². The Hall–Kier alpha value is -1.52. The molecule has 1 aliphatic carbocycles. The second kappa shape index (κ2) is 4.39. The minimum Gasteiger partial charge on any atom is -0.494 e. The van der Waals surface area contributed by atoms with Crippen LogP contribution in [-0.4, -0.2) is 14.7 Å². The number of aromatic hydroxyl groups is 1. The van der Waals surface area contributed by atoms with Gasteiger partial charge in [0.15, 0.2) is 0 Å². The molecular formula is C12H18N2O3. The first-order valence-electron chi connectivity index (χ1n) is 6.09. The van der Waals surface area contributed by atoms with Gasteiger partial charge in [-0.2, -0.15) is 0 Å². The van der Waals surface area contributed by atoms with Gasteiger partial charge in [-0.25, -0.2) is 4.79 Å². The predicted molar refractivity (Wildman–Crippen MR) is 64.2 cm³/mol. The fraction of sp³-hybridized carbons (Fsp3) is 0.667. The molecule has 0 spiro atoms. The Morgan fingerprint density at radius 1 is 1.41 bits per heavy atom. The molecule has 1 aliphatic rings. The number of nitrogens with zero attached hydrogens (tertiary/aromatic N) is 1. The van der Waals surface area contributed by atoms with Gasteiger partial charge in [0.05, 0.1) is 6.07 Å². The number of nitrogens with one attached hydrogen (secondary N) is 1. The highest BCUT2D eigenvalue weighted by molar-refractivity contribution is 5.06. The van der Waals surface area contributed by atoms with Crippen LogP contribution in [-0.2, 0) is 6.54 Å². The molecule has 0 aromatic carbocycles. The third kappa shape index (κ3) is 2.28. The van der Waals surface area contributed by atoms with E-state index in [-0.39, 0.29) is 11.3 Å². The predicted octanol–water partition coefficient (Wildman–Crippen LogP) is 1.21. The van der Waals surface area contributed by atoms with Crippen molar-refractivity contribution in [2.45, 2.75) is 45.6 Å². The van der Waals surface area contributed by atoms with E-state index >= 15 is 0 Å². The maximum atomic E-state index is 11.7. The van der Waals surface area contributed by atoms with Gasteiger partial charge >= 0.3 is 5.69 Å². The van der Waals surface area contributed by atoms with Crippen LogP contribution in [0.1, 0.15) is 39.0 Å². The minimum atomic E-state index is -0.555. The van der Waals surface area contributed by atoms with E-state index in [4.69, 9.17) is 0 Å². The summed E-state index contributed by atoms with van der Waals surface area (Å²) in [4.78, 5) is 24.9. The number of hydrogen-bond acceptors (Lipinski definition) is 3. The molecule has 0 aliphatic heterocycles. The van der Waals surface area contributed by atoms with Gasteiger partial charge in [0, 0.05) is 6.54 Å². The number of rotatable bonds is 3. The zero-order chi connectivity index (χ0) is 12.5. The van der Waals surface area contributed by atoms with Gasteiger partial charge in [-0.3, -0.25) is 14.3 Å². The quantitative estimate of drug-likeness (QED) is 0.831. The van der Waals surface area contributed by atoms with E-state index in [2.05, 4.69) is 11.9 Å². The zero-order valence-electron chi connectivity index (χ0n) is 10.0. The fourth-order valence-electron chi connectivity index (χ4n) is 2.74. The monoisotopic (exact) mass is 238 g/mol. The molecule has 94 valence electrons. The molecule has 0 atom stereocenters. The molecule has 17 heavy (non-hydrogen) atoms. The SMILES string of the molecule is CCC1(Cn2c(O)cc(=O)[nH]c2=O)CCCC1. The second-order valence-electron chi connectivity index (χ2n) is 4.94. The van der Waals surface area contributed by atoms with Crippen molar-refractivity contribution in [3.05, 3.63) is 26.9 Å². The molecule has 1 aromatic heterocycles. The summed E-state index contributed by atoms with van der Waals surface area (Å²) in [6.07, 6.45) is 5.49. The van der Waals surface area contributed by atoms with Crippen LogP contribution in [0.5, 0.6) is 5.88 Å². The molecule has 2 N–H and O–H groups in total. The molecule has 1 saturated carbocycles. The van der Waals surface area contributed by atoms with E-state index in [1.54, 1.807) is 0 Å². The summed E-state index contributed by atoms with van der Waals surface area (Å²) in [6.45, 7) is 2.60. The van der Waals surface area contributed by atoms with Crippen molar-refractivity contribution in [1.82, 2.24) is 9.55 Å². The van der Waals surface area contributed by atoms with E-state index in [9.17, 15) is 14.7 Å². The van der Waals surface area contributed by atoms with Crippen molar-refractivity contribution in [3.63, 3.8) is 0 Å². The van der Waals surface area contributed by atoms with Crippen molar-refractivity contribution in [3.8, 4) is 5.88 Å². The number of aromatic amines is 1. The van der Waals surface area contributed by atoms with Crippen LogP contribution >= 0.6 is 0 Å². The molecule has 1 fully saturated rings. The standard InChI is InChI=1S/C12H18N2O3/c1-2-12(5-3-4-6-12)8-14-10(16)7-9(15)13-11(14)17/h7,16H,2-6,8H2,1H3,(H,13,15,17). The molecule has 1 heterocycles. The average molecular weight is 238 g/mol. The summed E-state index contributed by atoms with van der Waals surface area (Å²) in [7, 11) is 0. The maximum absolute atomic E-state index is 11.7. The maximum Gasteiger partial charge on any atom is 0.331 e. The van der Waals surface area contributed by atoms with Gasteiger partial charge in [-0.1, -0.05) is 19.8 Å². The molecule has 2 rings (SSSR count). The highest BCUT2D eigenvalue weighted by Gasteiger charge is 2.33. The van der Waals surface area contributed by atoms with Gasteiger partial charge in [-0.05, 0) is 24.7 Å². The summed E-state index contributed by atoms with van der Waals surface area (Å²) < 4.78 is 1.27. The minimum absolute atomic E-state index is 0.0968. The lowest BCUT2D eigenvalue weighted by molar-refractivity contribution is 0.219. The average Bonchev–Trinajstić information content (AvgIpc) is 2.73. The lowest BCUT2D eigenvalue weighted by atomic mass is 9.83. The van der Waals surface area contributed by atoms with Crippen molar-refractivity contribution in [1.29, 1.82) is 0 Å². The van der Waals surface area contributed by atoms with Crippen molar-refractivity contribution < 1.29 is 5.11 Å². The van der Waals surface area contributed by atoms with Crippen LogP contribution in [0.25, 0.3) is 0 Å². The first-order chi connectivity index (χ1) is 8.06. The largest absolute Gasteiger partial charge is 0.494 e. The van der Waals surface area contributed by atoms with Crippen molar-refractivity contribution in [2.75, 3.05) is 0 Å². The molecule has 0 saturated heterocycles. The Balaban J connectivity index is 2.36. The van der Waals surface area contributed by atoms with Crippen LogP contribution in [0.15, 0.2) is 15.7 Å². The third-order valence-electron chi connectivity index (χ3n) is 3.92. The lowest BCUT2D eigenvalue weighted by Gasteiger charge is -2.28. The number of hydrogen-bond donors (Lipinski definition) is 2. The van der Waals surface area contributed by atoms with Crippen molar-refractivity contribution in [2.24, 2.45) is 5.41 Å². The van der Waals surface area contributed by atoms with E-state index < -0.39 is 11.2 Å². The van der Waals surface area contributed by atoms with E-state index in [1.165, 1.54) is 17.4 Å². The number of aromatic nitrogens is 2. The zero-order valence-corrected chi connectivity index (χ0v) is 10.0. The van der Waals surface area contributed by atoms with Crippen LogP contribution in [0.4, 0.5) is 0 Å². The number of H-pyrrole nitrogens is 1. The van der Waals surface area contributed by atoms with Gasteiger partial charge in [-0.15, -0.1) is 0 Å². The Morgan fingerprint density at radius 3 is 2.59 bits per heavy atom. The normalized spacial score (nSPS) is 18.4. The summed E-state index contributed by atoms with van der Waals surface area (Å²) in [5, 5.41) is 9.69. The molecule has 5 heteroatoms. The van der Waals surface area contributed by atoms with Gasteiger partial charge in [0.1, 0.15) is 0 Å². The van der Waals surface area contributed by atoms with Crippen LogP contribution in [0.2, 0.25) is 0 Å². The van der Waals surface area contributed by atoms with E-state index in [0.717, 1.165) is 25.3 Å². The van der Waals surface area contributed by atoms with E-state index in [0.29, 0.717) is 6.54 Å². The summed E-state index contributed by atoms with van der Waals surface area (Å²) >= 11 is 0. The molecule has 0 radical (unpaired) electrons. The van der Waals surface area contributed by atoms with Crippen LogP contribution in [0, 0.1) is 5.41 Å². The lowest BCUT2D eigenvalue weighted by Crippen LogP contribution is -2.34. The Kier molecular flexibility index (Phi) is 3.09. The first-order valence-corrected chi connectivity index (χ1v) is 6.09. The van der Waals surface area contributed by atoms with Gasteiger partial charge in [0.2, 0.25) is 5.88 Å². The summed E-state index contributed by atoms with van der Waals surface area (Å²) in [5.74, 6) is -0.238. The molecule has 0 unspecified atom stereocenters. The highest BCUT2D eigenvalue weighted by Crippen LogP contribution is 2.42. The molecule has 0 amide bonds. The molecular weight excluding hydrogens is 220 g/mol. The Bertz CT molecular complexity index is 509. The van der Waals surface area contributed by atoms with Crippen LogP contribution < -0.4 is 11.2 Å². The van der Waals surface area contributed by atoms with Gasteiger partial charge in [0.25, 0.3) is 5.56 Å². The topological polar surface area (TPSA) is 75.1 Å². The Morgan fingerprint density at radius 2 is 2.06 bits per heavy atom.